The number of ether oxygens (including phenoxy) is 1. The number of aromatic nitrogens is 3. The van der Waals surface area contributed by atoms with Crippen molar-refractivity contribution >= 4 is 22.0 Å². The highest BCUT2D eigenvalue weighted by molar-refractivity contribution is 7.16. The largest absolute Gasteiger partial charge is 0.495 e. The average Bonchev–Trinajstić information content (AvgIpc) is 3.14. The van der Waals surface area contributed by atoms with Crippen molar-refractivity contribution in [3.8, 4) is 5.75 Å². The van der Waals surface area contributed by atoms with Crippen molar-refractivity contribution in [3.05, 3.63) is 51.4 Å². The van der Waals surface area contributed by atoms with Crippen LogP contribution in [0, 0.1) is 0 Å². The molecule has 148 valence electrons. The zero-order valence-electron chi connectivity index (χ0n) is 16.5. The maximum Gasteiger partial charge on any atom is 0.275 e. The number of piperazine rings is 1. The topological polar surface area (TPSA) is 63.0 Å². The van der Waals surface area contributed by atoms with E-state index >= 15 is 0 Å². The predicted octanol–water partition coefficient (Wildman–Crippen LogP) is 2.61. The standard InChI is InChI=1S/C20H25N5O2S/c1-14(2)19-22-25-18(26)12-15(21-20(25)28-19)13-23-8-10-24(11-9-23)16-6-4-5-7-17(16)27-3/h4-7,12,14H,8-11,13H2,1-3H3. The Morgan fingerprint density at radius 2 is 1.93 bits per heavy atom. The molecule has 1 aromatic carbocycles. The Bertz CT molecular complexity index is 1020. The van der Waals surface area contributed by atoms with Gasteiger partial charge in [0, 0.05) is 44.7 Å². The Labute approximate surface area is 168 Å². The van der Waals surface area contributed by atoms with E-state index in [9.17, 15) is 4.79 Å². The molecule has 1 fully saturated rings. The van der Waals surface area contributed by atoms with Crippen LogP contribution in [0.25, 0.3) is 4.96 Å². The third kappa shape index (κ3) is 3.74. The Morgan fingerprint density at radius 1 is 1.18 bits per heavy atom. The molecule has 28 heavy (non-hydrogen) atoms. The lowest BCUT2D eigenvalue weighted by atomic mass is 10.2. The minimum Gasteiger partial charge on any atom is -0.495 e. The fraction of sp³-hybridized carbons (Fsp3) is 0.450. The van der Waals surface area contributed by atoms with Crippen molar-refractivity contribution in [2.75, 3.05) is 38.2 Å². The van der Waals surface area contributed by atoms with Crippen molar-refractivity contribution in [2.45, 2.75) is 26.3 Å². The first-order chi connectivity index (χ1) is 13.5. The van der Waals surface area contributed by atoms with Crippen LogP contribution in [-0.2, 0) is 6.54 Å². The molecule has 0 amide bonds. The van der Waals surface area contributed by atoms with Gasteiger partial charge in [-0.2, -0.15) is 9.61 Å². The van der Waals surface area contributed by atoms with E-state index in [-0.39, 0.29) is 11.5 Å². The normalized spacial score (nSPS) is 15.5. The molecule has 2 aromatic heterocycles. The molecule has 0 radical (unpaired) electrons. The highest BCUT2D eigenvalue weighted by Gasteiger charge is 2.20. The van der Waals surface area contributed by atoms with E-state index < -0.39 is 0 Å². The lowest BCUT2D eigenvalue weighted by Gasteiger charge is -2.36. The lowest BCUT2D eigenvalue weighted by molar-refractivity contribution is 0.246. The first kappa shape index (κ1) is 18.9. The van der Waals surface area contributed by atoms with Crippen LogP contribution in [0.5, 0.6) is 5.75 Å². The highest BCUT2D eigenvalue weighted by atomic mass is 32.1. The molecule has 1 aliphatic rings. The van der Waals surface area contributed by atoms with Gasteiger partial charge >= 0.3 is 0 Å². The fourth-order valence-corrected chi connectivity index (χ4v) is 4.38. The molecule has 3 heterocycles. The minimum atomic E-state index is -0.101. The van der Waals surface area contributed by atoms with Crippen LogP contribution in [0.2, 0.25) is 0 Å². The van der Waals surface area contributed by atoms with E-state index in [1.807, 2.05) is 18.2 Å². The molecular weight excluding hydrogens is 374 g/mol. The van der Waals surface area contributed by atoms with Crippen LogP contribution in [0.3, 0.4) is 0 Å². The molecule has 0 unspecified atom stereocenters. The predicted molar refractivity (Wildman–Crippen MR) is 112 cm³/mol. The number of methoxy groups -OCH3 is 1. The number of hydrogen-bond donors (Lipinski definition) is 0. The first-order valence-electron chi connectivity index (χ1n) is 9.55. The van der Waals surface area contributed by atoms with E-state index in [0.29, 0.717) is 11.5 Å². The van der Waals surface area contributed by atoms with Crippen LogP contribution in [0.15, 0.2) is 35.1 Å². The van der Waals surface area contributed by atoms with Gasteiger partial charge in [0.25, 0.3) is 5.56 Å². The summed E-state index contributed by atoms with van der Waals surface area (Å²) in [5, 5.41) is 5.32. The number of para-hydroxylation sites is 2. The van der Waals surface area contributed by atoms with Crippen molar-refractivity contribution in [2.24, 2.45) is 0 Å². The Kier molecular flexibility index (Phi) is 5.32. The number of fused-ring (bicyclic) bond motifs is 1. The molecule has 0 atom stereocenters. The number of hydrogen-bond acceptors (Lipinski definition) is 7. The van der Waals surface area contributed by atoms with Crippen molar-refractivity contribution in [1.29, 1.82) is 0 Å². The smallest absolute Gasteiger partial charge is 0.275 e. The van der Waals surface area contributed by atoms with E-state index in [4.69, 9.17) is 4.74 Å². The SMILES string of the molecule is COc1ccccc1N1CCN(Cc2cc(=O)n3nc(C(C)C)sc3n2)CC1. The lowest BCUT2D eigenvalue weighted by Crippen LogP contribution is -2.46. The van der Waals surface area contributed by atoms with Crippen LogP contribution < -0.4 is 15.2 Å². The Balaban J connectivity index is 1.45. The van der Waals surface area contributed by atoms with Gasteiger partial charge in [0.05, 0.1) is 18.5 Å². The quantitative estimate of drug-likeness (QED) is 0.657. The fourth-order valence-electron chi connectivity index (χ4n) is 3.45. The molecule has 0 N–H and O–H groups in total. The summed E-state index contributed by atoms with van der Waals surface area (Å²) < 4.78 is 6.91. The molecule has 1 aliphatic heterocycles. The molecule has 3 aromatic rings. The minimum absolute atomic E-state index is 0.101. The van der Waals surface area contributed by atoms with Crippen LogP contribution in [0.4, 0.5) is 5.69 Å². The number of rotatable bonds is 5. The zero-order valence-corrected chi connectivity index (χ0v) is 17.3. The van der Waals surface area contributed by atoms with E-state index in [2.05, 4.69) is 39.8 Å². The van der Waals surface area contributed by atoms with Crippen molar-refractivity contribution < 1.29 is 4.74 Å². The van der Waals surface area contributed by atoms with Crippen LogP contribution in [-0.4, -0.2) is 52.8 Å². The maximum atomic E-state index is 12.4. The number of benzene rings is 1. The van der Waals surface area contributed by atoms with Gasteiger partial charge in [0.15, 0.2) is 0 Å². The van der Waals surface area contributed by atoms with Gasteiger partial charge in [-0.3, -0.25) is 9.69 Å². The molecule has 0 spiro atoms. The van der Waals surface area contributed by atoms with Crippen LogP contribution in [0.1, 0.15) is 30.5 Å². The molecular formula is C20H25N5O2S. The first-order valence-corrected chi connectivity index (χ1v) is 10.4. The van der Waals surface area contributed by atoms with E-state index in [1.165, 1.54) is 15.9 Å². The molecule has 0 bridgehead atoms. The average molecular weight is 400 g/mol. The van der Waals surface area contributed by atoms with Gasteiger partial charge in [-0.1, -0.05) is 37.3 Å². The summed E-state index contributed by atoms with van der Waals surface area (Å²) >= 11 is 1.50. The van der Waals surface area contributed by atoms with Crippen molar-refractivity contribution in [1.82, 2.24) is 19.5 Å². The molecule has 8 heteroatoms. The molecule has 0 saturated carbocycles. The molecule has 4 rings (SSSR count). The number of anilines is 1. The summed E-state index contributed by atoms with van der Waals surface area (Å²) in [6.07, 6.45) is 0. The summed E-state index contributed by atoms with van der Waals surface area (Å²) in [7, 11) is 1.71. The highest BCUT2D eigenvalue weighted by Crippen LogP contribution is 2.28. The third-order valence-corrected chi connectivity index (χ3v) is 6.20. The zero-order chi connectivity index (χ0) is 19.7. The van der Waals surface area contributed by atoms with Gasteiger partial charge in [-0.15, -0.1) is 0 Å². The summed E-state index contributed by atoms with van der Waals surface area (Å²) in [6.45, 7) is 8.49. The molecule has 1 saturated heterocycles. The molecule has 7 nitrogen and oxygen atoms in total. The summed E-state index contributed by atoms with van der Waals surface area (Å²) in [4.78, 5) is 22.5. The second-order valence-corrected chi connectivity index (χ2v) is 8.30. The third-order valence-electron chi connectivity index (χ3n) is 4.99. The Morgan fingerprint density at radius 3 is 2.64 bits per heavy atom. The van der Waals surface area contributed by atoms with Gasteiger partial charge < -0.3 is 9.64 Å². The molecule has 0 aliphatic carbocycles. The van der Waals surface area contributed by atoms with Gasteiger partial charge in [0.1, 0.15) is 10.8 Å². The van der Waals surface area contributed by atoms with Gasteiger partial charge in [-0.25, -0.2) is 4.98 Å². The maximum absolute atomic E-state index is 12.4. The summed E-state index contributed by atoms with van der Waals surface area (Å²) in [5.74, 6) is 1.19. The van der Waals surface area contributed by atoms with Gasteiger partial charge in [0.2, 0.25) is 4.96 Å². The van der Waals surface area contributed by atoms with Crippen molar-refractivity contribution in [3.63, 3.8) is 0 Å². The monoisotopic (exact) mass is 399 g/mol. The van der Waals surface area contributed by atoms with Gasteiger partial charge in [-0.05, 0) is 12.1 Å². The van der Waals surface area contributed by atoms with Crippen LogP contribution >= 0.6 is 11.3 Å². The summed E-state index contributed by atoms with van der Waals surface area (Å²) in [5.41, 5.74) is 1.85. The van der Waals surface area contributed by atoms with E-state index in [1.54, 1.807) is 13.2 Å². The second kappa shape index (κ2) is 7.89. The second-order valence-electron chi connectivity index (χ2n) is 7.31. The Hall–Kier alpha value is -2.45. The van der Waals surface area contributed by atoms with E-state index in [0.717, 1.165) is 48.3 Å². The summed E-state index contributed by atoms with van der Waals surface area (Å²) in [6, 6.07) is 9.74. The number of nitrogens with zero attached hydrogens (tertiary/aromatic N) is 5.